The molecule has 0 aliphatic heterocycles. The van der Waals surface area contributed by atoms with Gasteiger partial charge in [-0.05, 0) is 24.3 Å². The smallest absolute Gasteiger partial charge is 0.0991 e. The molecule has 0 atom stereocenters. The topological polar surface area (TPSA) is 36.9 Å². The number of furan rings is 1. The molecule has 0 saturated carbocycles. The maximum atomic E-state index is 8.29. The van der Waals surface area contributed by atoms with Crippen LogP contribution in [-0.4, -0.2) is 0 Å². The molecule has 2 aromatic rings. The van der Waals surface area contributed by atoms with Crippen molar-refractivity contribution < 1.29 is 4.42 Å². The Morgan fingerprint density at radius 3 is 1.85 bits per heavy atom. The van der Waals surface area contributed by atoms with Crippen molar-refractivity contribution in [2.45, 2.75) is 0 Å². The molecular weight excluding hydrogens is 162 g/mol. The van der Waals surface area contributed by atoms with Crippen LogP contribution in [0.3, 0.4) is 0 Å². The lowest BCUT2D eigenvalue weighted by atomic mass is 10.2. The fourth-order valence-electron chi connectivity index (χ4n) is 0.739. The minimum Gasteiger partial charge on any atom is -0.473 e. The van der Waals surface area contributed by atoms with E-state index in [1.807, 2.05) is 36.4 Å². The molecule has 0 radical (unpaired) electrons. The minimum absolute atomic E-state index is 0.715. The predicted octanol–water partition coefficient (Wildman–Crippen LogP) is 2.84. The normalized spacial score (nSPS) is 7.92. The zero-order valence-corrected chi connectivity index (χ0v) is 7.05. The van der Waals surface area contributed by atoms with Crippen LogP contribution in [0.25, 0.3) is 0 Å². The molecule has 0 amide bonds. The highest BCUT2D eigenvalue weighted by molar-refractivity contribution is 5.27. The molecule has 1 aromatic heterocycles. The molecule has 0 unspecified atom stereocenters. The van der Waals surface area contributed by atoms with E-state index in [1.165, 1.54) is 0 Å². The van der Waals surface area contributed by atoms with Gasteiger partial charge in [0.2, 0.25) is 0 Å². The van der Waals surface area contributed by atoms with Gasteiger partial charge in [-0.1, -0.05) is 18.2 Å². The molecule has 0 bridgehead atoms. The maximum absolute atomic E-state index is 8.29. The van der Waals surface area contributed by atoms with Crippen LogP contribution in [0.1, 0.15) is 5.56 Å². The van der Waals surface area contributed by atoms with Gasteiger partial charge in [0.25, 0.3) is 0 Å². The molecule has 0 saturated heterocycles. The molecule has 0 aliphatic rings. The van der Waals surface area contributed by atoms with Crippen LogP contribution in [0, 0.1) is 11.3 Å². The molecule has 0 spiro atoms. The largest absolute Gasteiger partial charge is 0.473 e. The van der Waals surface area contributed by atoms with Crippen LogP contribution < -0.4 is 0 Å². The third kappa shape index (κ3) is 3.78. The van der Waals surface area contributed by atoms with Gasteiger partial charge in [-0.15, -0.1) is 0 Å². The van der Waals surface area contributed by atoms with Crippen molar-refractivity contribution in [1.82, 2.24) is 0 Å². The first-order chi connectivity index (χ1) is 6.43. The highest BCUT2D eigenvalue weighted by Crippen LogP contribution is 1.93. The second-order valence-corrected chi connectivity index (χ2v) is 2.27. The summed E-state index contributed by atoms with van der Waals surface area (Å²) in [4.78, 5) is 0. The van der Waals surface area contributed by atoms with Crippen molar-refractivity contribution >= 4 is 0 Å². The molecule has 0 aliphatic carbocycles. The van der Waals surface area contributed by atoms with Crippen LogP contribution in [0.15, 0.2) is 59.4 Å². The van der Waals surface area contributed by atoms with Gasteiger partial charge < -0.3 is 4.42 Å². The Balaban J connectivity index is 0.000000145. The fraction of sp³-hybridized carbons (Fsp3) is 0. The van der Waals surface area contributed by atoms with Crippen molar-refractivity contribution in [1.29, 1.82) is 5.26 Å². The molecule has 1 aromatic carbocycles. The van der Waals surface area contributed by atoms with Crippen molar-refractivity contribution in [2.24, 2.45) is 0 Å². The highest BCUT2D eigenvalue weighted by Gasteiger charge is 1.79. The van der Waals surface area contributed by atoms with Crippen molar-refractivity contribution in [3.63, 3.8) is 0 Å². The first-order valence-corrected chi connectivity index (χ1v) is 3.86. The van der Waals surface area contributed by atoms with Gasteiger partial charge in [0, 0.05) is 0 Å². The molecular formula is C11H9NO. The molecule has 2 rings (SSSR count). The van der Waals surface area contributed by atoms with E-state index in [0.29, 0.717) is 5.56 Å². The molecule has 2 nitrogen and oxygen atoms in total. The SMILES string of the molecule is N#Cc1ccccc1.c1ccoc1. The Morgan fingerprint density at radius 2 is 1.54 bits per heavy atom. The molecule has 0 fully saturated rings. The van der Waals surface area contributed by atoms with Gasteiger partial charge in [-0.3, -0.25) is 0 Å². The monoisotopic (exact) mass is 171 g/mol. The molecule has 0 N–H and O–H groups in total. The second kappa shape index (κ2) is 5.62. The summed E-state index contributed by atoms with van der Waals surface area (Å²) >= 11 is 0. The summed E-state index contributed by atoms with van der Waals surface area (Å²) in [5.41, 5.74) is 0.715. The Hall–Kier alpha value is -2.01. The Labute approximate surface area is 77.0 Å². The Bertz CT molecular complexity index is 328. The van der Waals surface area contributed by atoms with E-state index in [-0.39, 0.29) is 0 Å². The van der Waals surface area contributed by atoms with E-state index < -0.39 is 0 Å². The number of nitriles is 1. The summed E-state index contributed by atoms with van der Waals surface area (Å²) in [6.07, 6.45) is 3.25. The zero-order valence-electron chi connectivity index (χ0n) is 7.05. The van der Waals surface area contributed by atoms with Gasteiger partial charge in [0.1, 0.15) is 0 Å². The third-order valence-corrected chi connectivity index (χ3v) is 1.33. The molecule has 2 heteroatoms. The Morgan fingerprint density at radius 1 is 0.923 bits per heavy atom. The summed E-state index contributed by atoms with van der Waals surface area (Å²) in [6, 6.07) is 14.8. The van der Waals surface area contributed by atoms with Crippen molar-refractivity contribution in [2.75, 3.05) is 0 Å². The van der Waals surface area contributed by atoms with Crippen molar-refractivity contribution in [3.8, 4) is 6.07 Å². The van der Waals surface area contributed by atoms with Crippen LogP contribution in [-0.2, 0) is 0 Å². The van der Waals surface area contributed by atoms with E-state index in [0.717, 1.165) is 0 Å². The summed E-state index contributed by atoms with van der Waals surface area (Å²) in [5.74, 6) is 0. The van der Waals surface area contributed by atoms with Gasteiger partial charge in [0.05, 0.1) is 24.2 Å². The highest BCUT2D eigenvalue weighted by atomic mass is 16.3. The molecule has 64 valence electrons. The summed E-state index contributed by atoms with van der Waals surface area (Å²) in [7, 11) is 0. The van der Waals surface area contributed by atoms with E-state index >= 15 is 0 Å². The average molecular weight is 171 g/mol. The summed E-state index contributed by atoms with van der Waals surface area (Å²) < 4.78 is 4.58. The third-order valence-electron chi connectivity index (χ3n) is 1.33. The zero-order chi connectivity index (χ0) is 9.36. The van der Waals surface area contributed by atoms with Gasteiger partial charge in [-0.2, -0.15) is 5.26 Å². The lowest BCUT2D eigenvalue weighted by Gasteiger charge is -1.80. The molecule has 13 heavy (non-hydrogen) atoms. The summed E-state index contributed by atoms with van der Waals surface area (Å²) in [6.45, 7) is 0. The fourth-order valence-corrected chi connectivity index (χ4v) is 0.739. The maximum Gasteiger partial charge on any atom is 0.0991 e. The van der Waals surface area contributed by atoms with Crippen LogP contribution in [0.4, 0.5) is 0 Å². The first-order valence-electron chi connectivity index (χ1n) is 3.86. The number of nitrogens with zero attached hydrogens (tertiary/aromatic N) is 1. The first kappa shape index (κ1) is 9.08. The number of rotatable bonds is 0. The van der Waals surface area contributed by atoms with Gasteiger partial charge >= 0.3 is 0 Å². The van der Waals surface area contributed by atoms with Gasteiger partial charge in [-0.25, -0.2) is 0 Å². The number of benzene rings is 1. The summed E-state index contributed by atoms with van der Waals surface area (Å²) in [5, 5.41) is 8.29. The number of hydrogen-bond donors (Lipinski definition) is 0. The van der Waals surface area contributed by atoms with Gasteiger partial charge in [0.15, 0.2) is 0 Å². The van der Waals surface area contributed by atoms with E-state index in [4.69, 9.17) is 5.26 Å². The lowest BCUT2D eigenvalue weighted by Crippen LogP contribution is -1.66. The Kier molecular flexibility index (Phi) is 3.92. The number of hydrogen-bond acceptors (Lipinski definition) is 2. The van der Waals surface area contributed by atoms with Crippen LogP contribution in [0.5, 0.6) is 0 Å². The van der Waals surface area contributed by atoms with Crippen LogP contribution >= 0.6 is 0 Å². The second-order valence-electron chi connectivity index (χ2n) is 2.27. The minimum atomic E-state index is 0.715. The standard InChI is InChI=1S/C7H5N.C4H4O/c8-6-7-4-2-1-3-5-7;1-2-4-5-3-1/h1-5H;1-4H. The van der Waals surface area contributed by atoms with E-state index in [2.05, 4.69) is 4.42 Å². The van der Waals surface area contributed by atoms with Crippen LogP contribution in [0.2, 0.25) is 0 Å². The quantitative estimate of drug-likeness (QED) is 0.611. The average Bonchev–Trinajstić information content (AvgIpc) is 2.77. The van der Waals surface area contributed by atoms with E-state index in [1.54, 1.807) is 24.7 Å². The van der Waals surface area contributed by atoms with E-state index in [9.17, 15) is 0 Å². The van der Waals surface area contributed by atoms with Crippen molar-refractivity contribution in [3.05, 3.63) is 60.6 Å². The molecule has 1 heterocycles. The predicted molar refractivity (Wildman–Crippen MR) is 49.9 cm³/mol. The lowest BCUT2D eigenvalue weighted by molar-refractivity contribution is 0.567.